The highest BCUT2D eigenvalue weighted by Crippen LogP contribution is 2.26. The Balaban J connectivity index is 1.60. The standard InChI is InChI=1S/C13H10N6O2S2/c14-11-16-17-13(23-11)22-6-7-5-10(20)19(18-7)12-15-8-3-1-2-4-9(8)21-12/h1-5,18H,6H2,(H2,14,16). The van der Waals surface area contributed by atoms with Crippen molar-refractivity contribution in [1.29, 1.82) is 0 Å². The number of nitrogens with two attached hydrogens (primary N) is 1. The van der Waals surface area contributed by atoms with Gasteiger partial charge in [-0.3, -0.25) is 9.89 Å². The normalized spacial score (nSPS) is 11.3. The molecule has 0 radical (unpaired) electrons. The first kappa shape index (κ1) is 14.0. The highest BCUT2D eigenvalue weighted by atomic mass is 32.2. The van der Waals surface area contributed by atoms with Crippen LogP contribution in [0.4, 0.5) is 5.13 Å². The van der Waals surface area contributed by atoms with Gasteiger partial charge in [0.1, 0.15) is 5.52 Å². The zero-order valence-corrected chi connectivity index (χ0v) is 13.2. The van der Waals surface area contributed by atoms with E-state index >= 15 is 0 Å². The lowest BCUT2D eigenvalue weighted by Crippen LogP contribution is -2.13. The molecule has 4 rings (SSSR count). The van der Waals surface area contributed by atoms with Crippen LogP contribution in [0.5, 0.6) is 0 Å². The molecule has 0 aliphatic carbocycles. The first-order valence-electron chi connectivity index (χ1n) is 6.58. The molecule has 8 nitrogen and oxygen atoms in total. The van der Waals surface area contributed by atoms with Gasteiger partial charge < -0.3 is 10.2 Å². The van der Waals surface area contributed by atoms with Gasteiger partial charge in [-0.25, -0.2) is 0 Å². The zero-order chi connectivity index (χ0) is 15.8. The maximum atomic E-state index is 12.1. The van der Waals surface area contributed by atoms with Crippen molar-refractivity contribution >= 4 is 39.3 Å². The van der Waals surface area contributed by atoms with Crippen LogP contribution in [0.25, 0.3) is 17.1 Å². The third-order valence-corrected chi connectivity index (χ3v) is 4.96. The number of anilines is 1. The van der Waals surface area contributed by atoms with E-state index in [1.54, 1.807) is 6.07 Å². The van der Waals surface area contributed by atoms with Crippen molar-refractivity contribution in [2.45, 2.75) is 10.1 Å². The Morgan fingerprint density at radius 2 is 2.22 bits per heavy atom. The Hall–Kier alpha value is -2.59. The van der Waals surface area contributed by atoms with E-state index in [0.29, 0.717) is 22.0 Å². The van der Waals surface area contributed by atoms with Crippen LogP contribution in [0.2, 0.25) is 0 Å². The van der Waals surface area contributed by atoms with Crippen molar-refractivity contribution < 1.29 is 4.42 Å². The molecule has 0 atom stereocenters. The number of fused-ring (bicyclic) bond motifs is 1. The van der Waals surface area contributed by atoms with Crippen LogP contribution in [0.15, 0.2) is 43.9 Å². The van der Waals surface area contributed by atoms with Gasteiger partial charge in [-0.15, -0.1) is 10.2 Å². The maximum Gasteiger partial charge on any atom is 0.325 e. The zero-order valence-electron chi connectivity index (χ0n) is 11.6. The Morgan fingerprint density at radius 1 is 1.35 bits per heavy atom. The predicted molar refractivity (Wildman–Crippen MR) is 87.8 cm³/mol. The van der Waals surface area contributed by atoms with Crippen LogP contribution in [0.1, 0.15) is 5.69 Å². The highest BCUT2D eigenvalue weighted by Gasteiger charge is 2.12. The minimum atomic E-state index is -0.232. The Morgan fingerprint density at radius 3 is 3.00 bits per heavy atom. The van der Waals surface area contributed by atoms with Gasteiger partial charge in [-0.1, -0.05) is 35.2 Å². The molecule has 23 heavy (non-hydrogen) atoms. The van der Waals surface area contributed by atoms with E-state index < -0.39 is 0 Å². The van der Waals surface area contributed by atoms with Gasteiger partial charge in [-0.2, -0.15) is 9.67 Å². The molecule has 0 spiro atoms. The lowest BCUT2D eigenvalue weighted by atomic mass is 10.3. The summed E-state index contributed by atoms with van der Waals surface area (Å²) in [6.07, 6.45) is 0. The third-order valence-electron chi connectivity index (χ3n) is 3.02. The summed E-state index contributed by atoms with van der Waals surface area (Å²) in [5, 5.41) is 11.1. The number of aromatic nitrogens is 5. The number of oxazole rings is 1. The number of para-hydroxylation sites is 2. The topological polar surface area (TPSA) is 116 Å². The number of thioether (sulfide) groups is 1. The largest absolute Gasteiger partial charge is 0.422 e. The Kier molecular flexibility index (Phi) is 3.39. The van der Waals surface area contributed by atoms with E-state index in [0.717, 1.165) is 10.0 Å². The number of aromatic amines is 1. The molecular formula is C13H10N6O2S2. The van der Waals surface area contributed by atoms with Crippen LogP contribution >= 0.6 is 23.1 Å². The van der Waals surface area contributed by atoms with E-state index in [-0.39, 0.29) is 11.6 Å². The van der Waals surface area contributed by atoms with E-state index in [4.69, 9.17) is 10.2 Å². The third kappa shape index (κ3) is 2.73. The van der Waals surface area contributed by atoms with Gasteiger partial charge in [0.2, 0.25) is 5.13 Å². The first-order valence-corrected chi connectivity index (χ1v) is 8.38. The number of hydrogen-bond donors (Lipinski definition) is 2. The fourth-order valence-corrected chi connectivity index (χ4v) is 3.57. The van der Waals surface area contributed by atoms with Crippen molar-refractivity contribution in [2.75, 3.05) is 5.73 Å². The number of nitrogens with zero attached hydrogens (tertiary/aromatic N) is 4. The molecule has 0 saturated heterocycles. The molecule has 0 aliphatic rings. The molecule has 0 saturated carbocycles. The van der Waals surface area contributed by atoms with Crippen LogP contribution in [-0.2, 0) is 5.75 Å². The SMILES string of the molecule is Nc1nnc(SCc2cc(=O)n(-c3nc4ccccc4o3)[nH]2)s1. The quantitative estimate of drug-likeness (QED) is 0.543. The molecular weight excluding hydrogens is 336 g/mol. The summed E-state index contributed by atoms with van der Waals surface area (Å²) in [5.41, 5.74) is 7.36. The first-order chi connectivity index (χ1) is 11.2. The molecule has 0 amide bonds. The Bertz CT molecular complexity index is 997. The Labute approximate surface area is 137 Å². The van der Waals surface area contributed by atoms with Gasteiger partial charge >= 0.3 is 6.01 Å². The summed E-state index contributed by atoms with van der Waals surface area (Å²) >= 11 is 2.75. The minimum Gasteiger partial charge on any atom is -0.422 e. The second-order valence-electron chi connectivity index (χ2n) is 4.61. The molecule has 4 aromatic rings. The number of nitrogen functional groups attached to an aromatic ring is 1. The number of rotatable bonds is 4. The molecule has 116 valence electrons. The second kappa shape index (κ2) is 5.56. The summed E-state index contributed by atoms with van der Waals surface area (Å²) in [6.45, 7) is 0. The maximum absolute atomic E-state index is 12.1. The summed E-state index contributed by atoms with van der Waals surface area (Å²) < 4.78 is 7.62. The van der Waals surface area contributed by atoms with Crippen LogP contribution in [0, 0.1) is 0 Å². The number of benzene rings is 1. The smallest absolute Gasteiger partial charge is 0.325 e. The van der Waals surface area contributed by atoms with Gasteiger partial charge in [0.15, 0.2) is 9.92 Å². The fraction of sp³-hybridized carbons (Fsp3) is 0.0769. The van der Waals surface area contributed by atoms with Crippen molar-refractivity contribution in [3.8, 4) is 6.01 Å². The van der Waals surface area contributed by atoms with Gasteiger partial charge in [-0.05, 0) is 12.1 Å². The van der Waals surface area contributed by atoms with Crippen molar-refractivity contribution in [3.05, 3.63) is 46.4 Å². The molecule has 3 aromatic heterocycles. The monoisotopic (exact) mass is 346 g/mol. The summed E-state index contributed by atoms with van der Waals surface area (Å²) in [5.74, 6) is 0.539. The van der Waals surface area contributed by atoms with Crippen LogP contribution in [-0.4, -0.2) is 25.0 Å². The lowest BCUT2D eigenvalue weighted by Gasteiger charge is -1.95. The molecule has 3 N–H and O–H groups in total. The number of H-pyrrole nitrogens is 1. The lowest BCUT2D eigenvalue weighted by molar-refractivity contribution is 0.536. The molecule has 0 bridgehead atoms. The molecule has 3 heterocycles. The van der Waals surface area contributed by atoms with E-state index in [1.165, 1.54) is 33.8 Å². The van der Waals surface area contributed by atoms with E-state index in [9.17, 15) is 4.79 Å². The summed E-state index contributed by atoms with van der Waals surface area (Å²) in [4.78, 5) is 16.4. The second-order valence-corrected chi connectivity index (χ2v) is 6.85. The average Bonchev–Trinajstić information content (AvgIpc) is 3.23. The van der Waals surface area contributed by atoms with Gasteiger partial charge in [0.05, 0.1) is 0 Å². The molecule has 1 aromatic carbocycles. The van der Waals surface area contributed by atoms with E-state index in [1.807, 2.05) is 18.2 Å². The highest BCUT2D eigenvalue weighted by molar-refractivity contribution is 8.00. The van der Waals surface area contributed by atoms with Crippen molar-refractivity contribution in [2.24, 2.45) is 0 Å². The van der Waals surface area contributed by atoms with E-state index in [2.05, 4.69) is 20.3 Å². The predicted octanol–water partition coefficient (Wildman–Crippen LogP) is 2.03. The number of nitrogens with one attached hydrogen (secondary N) is 1. The van der Waals surface area contributed by atoms with Crippen LogP contribution in [0.3, 0.4) is 0 Å². The molecule has 0 unspecified atom stereocenters. The van der Waals surface area contributed by atoms with Gasteiger partial charge in [0.25, 0.3) is 5.56 Å². The summed E-state index contributed by atoms with van der Waals surface area (Å²) in [6, 6.07) is 9.06. The average molecular weight is 346 g/mol. The van der Waals surface area contributed by atoms with Crippen molar-refractivity contribution in [1.82, 2.24) is 25.0 Å². The fourth-order valence-electron chi connectivity index (χ4n) is 2.03. The minimum absolute atomic E-state index is 0.215. The summed E-state index contributed by atoms with van der Waals surface area (Å²) in [7, 11) is 0. The molecule has 0 aliphatic heterocycles. The molecule has 10 heteroatoms. The molecule has 0 fully saturated rings. The number of hydrogen-bond acceptors (Lipinski definition) is 8. The van der Waals surface area contributed by atoms with Gasteiger partial charge in [0, 0.05) is 17.5 Å². The van der Waals surface area contributed by atoms with Crippen molar-refractivity contribution in [3.63, 3.8) is 0 Å². The van der Waals surface area contributed by atoms with Crippen LogP contribution < -0.4 is 11.3 Å².